The Balaban J connectivity index is 1.44. The van der Waals surface area contributed by atoms with Gasteiger partial charge in [-0.2, -0.15) is 0 Å². The van der Waals surface area contributed by atoms with Crippen molar-refractivity contribution in [3.05, 3.63) is 65.2 Å². The van der Waals surface area contributed by atoms with Crippen LogP contribution in [0, 0.1) is 0 Å². The number of carbonyl (C=O) groups excluding carboxylic acids is 3. The van der Waals surface area contributed by atoms with E-state index in [1.165, 1.54) is 5.56 Å². The molecule has 2 amide bonds. The van der Waals surface area contributed by atoms with Crippen LogP contribution in [-0.2, 0) is 16.0 Å². The van der Waals surface area contributed by atoms with Gasteiger partial charge in [-0.25, -0.2) is 4.79 Å². The number of rotatable bonds is 7. The standard InChI is InChI=1S/C20H19NO5/c1-2-14-7-9-15(10-8-14)26-13-18(22)25-12-11-21-19(23)16-5-3-4-6-17(16)20(21)24/h3-10H,2,11-13H2,1H3. The minimum Gasteiger partial charge on any atom is -0.482 e. The Labute approximate surface area is 151 Å². The van der Waals surface area contributed by atoms with Gasteiger partial charge in [-0.1, -0.05) is 31.2 Å². The summed E-state index contributed by atoms with van der Waals surface area (Å²) in [6, 6.07) is 14.1. The van der Waals surface area contributed by atoms with E-state index in [-0.39, 0.29) is 31.6 Å². The maximum atomic E-state index is 12.2. The van der Waals surface area contributed by atoms with Gasteiger partial charge in [0.05, 0.1) is 17.7 Å². The lowest BCUT2D eigenvalue weighted by Crippen LogP contribution is -2.33. The molecule has 1 heterocycles. The third kappa shape index (κ3) is 3.74. The lowest BCUT2D eigenvalue weighted by Gasteiger charge is -2.14. The maximum Gasteiger partial charge on any atom is 0.344 e. The Bertz CT molecular complexity index is 793. The number of fused-ring (bicyclic) bond motifs is 1. The van der Waals surface area contributed by atoms with Gasteiger partial charge in [0, 0.05) is 0 Å². The summed E-state index contributed by atoms with van der Waals surface area (Å²) in [7, 11) is 0. The van der Waals surface area contributed by atoms with Crippen molar-refractivity contribution in [3.63, 3.8) is 0 Å². The number of benzene rings is 2. The van der Waals surface area contributed by atoms with Crippen LogP contribution in [-0.4, -0.2) is 42.4 Å². The zero-order valence-electron chi connectivity index (χ0n) is 14.4. The molecule has 6 heteroatoms. The summed E-state index contributed by atoms with van der Waals surface area (Å²) in [6.45, 7) is 1.78. The van der Waals surface area contributed by atoms with Gasteiger partial charge < -0.3 is 9.47 Å². The number of imide groups is 1. The summed E-state index contributed by atoms with van der Waals surface area (Å²) in [5, 5.41) is 0. The van der Waals surface area contributed by atoms with Crippen LogP contribution in [0.5, 0.6) is 5.75 Å². The Hall–Kier alpha value is -3.15. The molecule has 0 fully saturated rings. The SMILES string of the molecule is CCc1ccc(OCC(=O)OCCN2C(=O)c3ccccc3C2=O)cc1. The fourth-order valence-corrected chi connectivity index (χ4v) is 2.70. The number of carbonyl (C=O) groups is 3. The molecular formula is C20H19NO5. The average Bonchev–Trinajstić information content (AvgIpc) is 2.92. The van der Waals surface area contributed by atoms with Gasteiger partial charge in [0.1, 0.15) is 12.4 Å². The summed E-state index contributed by atoms with van der Waals surface area (Å²) < 4.78 is 10.4. The van der Waals surface area contributed by atoms with E-state index >= 15 is 0 Å². The van der Waals surface area contributed by atoms with Crippen molar-refractivity contribution in [3.8, 4) is 5.75 Å². The van der Waals surface area contributed by atoms with E-state index in [0.29, 0.717) is 16.9 Å². The highest BCUT2D eigenvalue weighted by Crippen LogP contribution is 2.21. The molecule has 1 aliphatic heterocycles. The Kier molecular flexibility index (Phi) is 5.31. The molecule has 0 aromatic heterocycles. The number of esters is 1. The van der Waals surface area contributed by atoms with Gasteiger partial charge in [0.25, 0.3) is 11.8 Å². The molecule has 0 radical (unpaired) electrons. The number of hydrogen-bond acceptors (Lipinski definition) is 5. The second-order valence-corrected chi connectivity index (χ2v) is 5.81. The summed E-state index contributed by atoms with van der Waals surface area (Å²) in [5.41, 5.74) is 1.94. The lowest BCUT2D eigenvalue weighted by molar-refractivity contribution is -0.146. The summed E-state index contributed by atoms with van der Waals surface area (Å²) in [5.74, 6) is -0.705. The predicted octanol–water partition coefficient (Wildman–Crippen LogP) is 2.47. The third-order valence-electron chi connectivity index (χ3n) is 4.14. The topological polar surface area (TPSA) is 72.9 Å². The first-order chi connectivity index (χ1) is 12.6. The van der Waals surface area contributed by atoms with Gasteiger partial charge in [0.15, 0.2) is 6.61 Å². The van der Waals surface area contributed by atoms with Crippen LogP contribution in [0.2, 0.25) is 0 Å². The van der Waals surface area contributed by atoms with Gasteiger partial charge in [-0.3, -0.25) is 14.5 Å². The van der Waals surface area contributed by atoms with E-state index in [4.69, 9.17) is 9.47 Å². The van der Waals surface area contributed by atoms with Crippen LogP contribution >= 0.6 is 0 Å². The fraction of sp³-hybridized carbons (Fsp3) is 0.250. The van der Waals surface area contributed by atoms with E-state index < -0.39 is 5.97 Å². The van der Waals surface area contributed by atoms with Gasteiger partial charge in [0.2, 0.25) is 0 Å². The van der Waals surface area contributed by atoms with Crippen LogP contribution in [0.4, 0.5) is 0 Å². The lowest BCUT2D eigenvalue weighted by atomic mass is 10.1. The molecule has 26 heavy (non-hydrogen) atoms. The highest BCUT2D eigenvalue weighted by atomic mass is 16.6. The van der Waals surface area contributed by atoms with E-state index in [1.807, 2.05) is 12.1 Å². The van der Waals surface area contributed by atoms with Gasteiger partial charge in [-0.15, -0.1) is 0 Å². The molecule has 3 rings (SSSR count). The Morgan fingerprint density at radius 2 is 1.58 bits per heavy atom. The molecule has 0 N–H and O–H groups in total. The van der Waals surface area contributed by atoms with E-state index in [1.54, 1.807) is 36.4 Å². The van der Waals surface area contributed by atoms with Crippen molar-refractivity contribution in [2.45, 2.75) is 13.3 Å². The van der Waals surface area contributed by atoms with Crippen LogP contribution in [0.15, 0.2) is 48.5 Å². The number of hydrogen-bond donors (Lipinski definition) is 0. The smallest absolute Gasteiger partial charge is 0.344 e. The molecule has 0 saturated carbocycles. The zero-order valence-corrected chi connectivity index (χ0v) is 14.4. The van der Waals surface area contributed by atoms with Crippen LogP contribution in [0.3, 0.4) is 0 Å². The minimum atomic E-state index is -0.554. The molecule has 0 aliphatic carbocycles. The maximum absolute atomic E-state index is 12.2. The normalized spacial score (nSPS) is 12.9. The largest absolute Gasteiger partial charge is 0.482 e. The fourth-order valence-electron chi connectivity index (χ4n) is 2.70. The highest BCUT2D eigenvalue weighted by molar-refractivity contribution is 6.21. The molecule has 0 atom stereocenters. The average molecular weight is 353 g/mol. The molecule has 2 aromatic rings. The third-order valence-corrected chi connectivity index (χ3v) is 4.14. The van der Waals surface area contributed by atoms with Crippen molar-refractivity contribution in [1.29, 1.82) is 0 Å². The molecule has 1 aliphatic rings. The highest BCUT2D eigenvalue weighted by Gasteiger charge is 2.34. The van der Waals surface area contributed by atoms with E-state index in [0.717, 1.165) is 11.3 Å². The van der Waals surface area contributed by atoms with E-state index in [9.17, 15) is 14.4 Å². The molecular weight excluding hydrogens is 334 g/mol. The molecule has 134 valence electrons. The second kappa shape index (κ2) is 7.82. The first-order valence-corrected chi connectivity index (χ1v) is 8.42. The number of nitrogens with zero attached hydrogens (tertiary/aromatic N) is 1. The van der Waals surface area contributed by atoms with Crippen LogP contribution in [0.25, 0.3) is 0 Å². The van der Waals surface area contributed by atoms with Gasteiger partial charge in [-0.05, 0) is 36.2 Å². The first kappa shape index (κ1) is 17.7. The molecule has 0 saturated heterocycles. The number of ether oxygens (including phenoxy) is 2. The molecule has 0 spiro atoms. The van der Waals surface area contributed by atoms with Crippen molar-refractivity contribution >= 4 is 17.8 Å². The Morgan fingerprint density at radius 1 is 0.962 bits per heavy atom. The molecule has 6 nitrogen and oxygen atoms in total. The van der Waals surface area contributed by atoms with Crippen molar-refractivity contribution in [2.75, 3.05) is 19.8 Å². The van der Waals surface area contributed by atoms with E-state index in [2.05, 4.69) is 6.92 Å². The quantitative estimate of drug-likeness (QED) is 0.565. The Morgan fingerprint density at radius 3 is 2.15 bits per heavy atom. The van der Waals surface area contributed by atoms with Crippen LogP contribution in [0.1, 0.15) is 33.2 Å². The zero-order chi connectivity index (χ0) is 18.5. The van der Waals surface area contributed by atoms with Crippen molar-refractivity contribution < 1.29 is 23.9 Å². The minimum absolute atomic E-state index is 0.0171. The molecule has 0 bridgehead atoms. The van der Waals surface area contributed by atoms with Gasteiger partial charge >= 0.3 is 5.97 Å². The van der Waals surface area contributed by atoms with Crippen molar-refractivity contribution in [2.24, 2.45) is 0 Å². The summed E-state index contributed by atoms with van der Waals surface area (Å²) in [4.78, 5) is 37.2. The molecule has 2 aromatic carbocycles. The van der Waals surface area contributed by atoms with Crippen molar-refractivity contribution in [1.82, 2.24) is 4.90 Å². The predicted molar refractivity (Wildman–Crippen MR) is 94.1 cm³/mol. The second-order valence-electron chi connectivity index (χ2n) is 5.81. The number of amides is 2. The van der Waals surface area contributed by atoms with Crippen LogP contribution < -0.4 is 4.74 Å². The summed E-state index contributed by atoms with van der Waals surface area (Å²) in [6.07, 6.45) is 0.931. The summed E-state index contributed by atoms with van der Waals surface area (Å²) >= 11 is 0. The number of aryl methyl sites for hydroxylation is 1. The first-order valence-electron chi connectivity index (χ1n) is 8.42. The molecule has 0 unspecified atom stereocenters. The monoisotopic (exact) mass is 353 g/mol.